The zero-order valence-electron chi connectivity index (χ0n) is 34.7. The van der Waals surface area contributed by atoms with Crippen molar-refractivity contribution in [2.75, 3.05) is 0 Å². The second-order valence-corrected chi connectivity index (χ2v) is 18.3. The van der Waals surface area contributed by atoms with E-state index in [1.54, 1.807) is 0 Å². The van der Waals surface area contributed by atoms with Gasteiger partial charge in [-0.25, -0.2) is 0 Å². The van der Waals surface area contributed by atoms with Crippen molar-refractivity contribution in [2.24, 2.45) is 0 Å². The fourth-order valence-corrected chi connectivity index (χ4v) is 11.6. The van der Waals surface area contributed by atoms with Crippen LogP contribution in [0.25, 0.3) is 110 Å². The summed E-state index contributed by atoms with van der Waals surface area (Å²) >= 11 is 0. The van der Waals surface area contributed by atoms with Crippen LogP contribution in [0.15, 0.2) is 186 Å². The Balaban J connectivity index is 0.955. The van der Waals surface area contributed by atoms with E-state index in [1.165, 1.54) is 121 Å². The third kappa shape index (κ3) is 4.61. The Labute approximate surface area is 355 Å². The number of hydrogen-bond acceptors (Lipinski definition) is 1. The van der Waals surface area contributed by atoms with E-state index in [4.69, 9.17) is 4.42 Å². The van der Waals surface area contributed by atoms with Gasteiger partial charge in [0, 0.05) is 27.2 Å². The van der Waals surface area contributed by atoms with Crippen molar-refractivity contribution in [2.45, 2.75) is 38.5 Å². The lowest BCUT2D eigenvalue weighted by Gasteiger charge is -2.24. The van der Waals surface area contributed by atoms with Crippen molar-refractivity contribution in [3.8, 4) is 55.6 Å². The van der Waals surface area contributed by atoms with Gasteiger partial charge >= 0.3 is 0 Å². The second kappa shape index (κ2) is 12.2. The Morgan fingerprint density at radius 1 is 0.328 bits per heavy atom. The zero-order valence-corrected chi connectivity index (χ0v) is 34.7. The van der Waals surface area contributed by atoms with Crippen molar-refractivity contribution in [1.29, 1.82) is 0 Å². The Morgan fingerprint density at radius 3 is 1.49 bits per heavy atom. The standard InChI is InChI=1S/C60H42O/c1-59(2)49-31-28-38(54-42-20-10-8-18-40(42)53(35-16-6-5-7-17-35)41-19-9-11-21-43(41)54)32-48(49)39-29-26-36(33-50(39)59)37-27-30-46-51(34-37)60(3,4)57-45-23-13-12-22-44(45)55-47-24-14-15-25-52(47)61-58(55)56(46)57/h5-34H,1-4H3. The van der Waals surface area contributed by atoms with Gasteiger partial charge in [0.15, 0.2) is 0 Å². The van der Waals surface area contributed by atoms with E-state index >= 15 is 0 Å². The lowest BCUT2D eigenvalue weighted by atomic mass is 9.78. The molecule has 1 heterocycles. The maximum atomic E-state index is 6.77. The van der Waals surface area contributed by atoms with Gasteiger partial charge in [0.2, 0.25) is 0 Å². The third-order valence-electron chi connectivity index (χ3n) is 14.4. The molecule has 0 amide bonds. The molecule has 61 heavy (non-hydrogen) atoms. The molecule has 0 N–H and O–H groups in total. The molecule has 10 aromatic carbocycles. The second-order valence-electron chi connectivity index (χ2n) is 18.3. The molecule has 0 radical (unpaired) electrons. The topological polar surface area (TPSA) is 13.1 Å². The summed E-state index contributed by atoms with van der Waals surface area (Å²) in [6, 6.07) is 67.8. The number of furan rings is 1. The Kier molecular flexibility index (Phi) is 6.91. The van der Waals surface area contributed by atoms with E-state index < -0.39 is 0 Å². The molecule has 2 aliphatic carbocycles. The highest BCUT2D eigenvalue weighted by molar-refractivity contribution is 6.25. The molecule has 0 saturated carbocycles. The molecule has 1 heteroatoms. The SMILES string of the molecule is CC1(C)c2ccc(-c3c4ccccc4c(-c4ccccc4)c4ccccc34)cc2-c2ccc(-c3ccc4c(c3)C(C)(C)c3c-4c4oc5ccccc5c4c4ccccc34)cc21. The smallest absolute Gasteiger partial charge is 0.144 e. The van der Waals surface area contributed by atoms with Crippen molar-refractivity contribution in [1.82, 2.24) is 0 Å². The van der Waals surface area contributed by atoms with Gasteiger partial charge in [-0.05, 0) is 129 Å². The Hall–Kier alpha value is -7.22. The fraction of sp³-hybridized carbons (Fsp3) is 0.100. The van der Waals surface area contributed by atoms with Crippen LogP contribution < -0.4 is 0 Å². The molecule has 288 valence electrons. The van der Waals surface area contributed by atoms with Crippen LogP contribution in [0.1, 0.15) is 49.9 Å². The summed E-state index contributed by atoms with van der Waals surface area (Å²) in [6.07, 6.45) is 0. The first-order valence-electron chi connectivity index (χ1n) is 21.6. The molecule has 0 unspecified atom stereocenters. The third-order valence-corrected chi connectivity index (χ3v) is 14.4. The van der Waals surface area contributed by atoms with Crippen LogP contribution >= 0.6 is 0 Å². The van der Waals surface area contributed by atoms with E-state index in [2.05, 4.69) is 210 Å². The molecular weight excluding hydrogens is 737 g/mol. The highest BCUT2D eigenvalue weighted by Gasteiger charge is 2.41. The van der Waals surface area contributed by atoms with Crippen LogP contribution in [0.2, 0.25) is 0 Å². The van der Waals surface area contributed by atoms with Crippen molar-refractivity contribution in [3.63, 3.8) is 0 Å². The maximum Gasteiger partial charge on any atom is 0.144 e. The molecule has 1 aromatic heterocycles. The maximum absolute atomic E-state index is 6.77. The van der Waals surface area contributed by atoms with Gasteiger partial charge in [-0.15, -0.1) is 0 Å². The van der Waals surface area contributed by atoms with Crippen LogP contribution in [0.5, 0.6) is 0 Å². The lowest BCUT2D eigenvalue weighted by molar-refractivity contribution is 0.657. The van der Waals surface area contributed by atoms with Crippen molar-refractivity contribution < 1.29 is 4.42 Å². The average molecular weight is 779 g/mol. The number of para-hydroxylation sites is 1. The van der Waals surface area contributed by atoms with E-state index in [-0.39, 0.29) is 10.8 Å². The molecule has 1 nitrogen and oxygen atoms in total. The first-order valence-corrected chi connectivity index (χ1v) is 21.6. The first-order chi connectivity index (χ1) is 29.8. The van der Waals surface area contributed by atoms with E-state index in [9.17, 15) is 0 Å². The Bertz CT molecular complexity index is 3630. The quantitative estimate of drug-likeness (QED) is 0.163. The molecule has 13 rings (SSSR count). The number of hydrogen-bond donors (Lipinski definition) is 0. The Morgan fingerprint density at radius 2 is 0.836 bits per heavy atom. The van der Waals surface area contributed by atoms with Gasteiger partial charge in [0.25, 0.3) is 0 Å². The van der Waals surface area contributed by atoms with Crippen LogP contribution in [-0.2, 0) is 10.8 Å². The van der Waals surface area contributed by atoms with Crippen LogP contribution in [0.3, 0.4) is 0 Å². The van der Waals surface area contributed by atoms with Gasteiger partial charge in [0.05, 0.1) is 0 Å². The van der Waals surface area contributed by atoms with Crippen molar-refractivity contribution in [3.05, 3.63) is 204 Å². The van der Waals surface area contributed by atoms with Gasteiger partial charge < -0.3 is 4.42 Å². The van der Waals surface area contributed by atoms with E-state index in [0.29, 0.717) is 0 Å². The molecule has 11 aromatic rings. The monoisotopic (exact) mass is 778 g/mol. The van der Waals surface area contributed by atoms with E-state index in [1.807, 2.05) is 0 Å². The lowest BCUT2D eigenvalue weighted by Crippen LogP contribution is -2.16. The highest BCUT2D eigenvalue weighted by atomic mass is 16.3. The zero-order chi connectivity index (χ0) is 40.8. The number of benzene rings is 10. The van der Waals surface area contributed by atoms with Gasteiger partial charge in [-0.3, -0.25) is 0 Å². The van der Waals surface area contributed by atoms with Crippen molar-refractivity contribution >= 4 is 54.3 Å². The van der Waals surface area contributed by atoms with Gasteiger partial charge in [-0.2, -0.15) is 0 Å². The summed E-state index contributed by atoms with van der Waals surface area (Å²) in [6.45, 7) is 9.58. The van der Waals surface area contributed by atoms with Crippen LogP contribution in [0, 0.1) is 0 Å². The first kappa shape index (κ1) is 34.6. The molecule has 0 atom stereocenters. The predicted octanol–water partition coefficient (Wildman–Crippen LogP) is 16.7. The molecule has 0 bridgehead atoms. The normalized spacial score (nSPS) is 14.5. The predicted molar refractivity (Wildman–Crippen MR) is 258 cm³/mol. The average Bonchev–Trinajstić information content (AvgIpc) is 3.88. The summed E-state index contributed by atoms with van der Waals surface area (Å²) in [7, 11) is 0. The molecule has 0 spiro atoms. The summed E-state index contributed by atoms with van der Waals surface area (Å²) in [4.78, 5) is 0. The molecular formula is C60H42O. The minimum Gasteiger partial charge on any atom is -0.455 e. The summed E-state index contributed by atoms with van der Waals surface area (Å²) in [5, 5.41) is 10.1. The van der Waals surface area contributed by atoms with E-state index in [0.717, 1.165) is 11.2 Å². The minimum absolute atomic E-state index is 0.154. The van der Waals surface area contributed by atoms with Gasteiger partial charge in [0.1, 0.15) is 11.2 Å². The fourth-order valence-electron chi connectivity index (χ4n) is 11.6. The molecule has 2 aliphatic rings. The van der Waals surface area contributed by atoms with Crippen LogP contribution in [-0.4, -0.2) is 0 Å². The molecule has 0 fully saturated rings. The van der Waals surface area contributed by atoms with Gasteiger partial charge in [-0.1, -0.05) is 185 Å². The summed E-state index contributed by atoms with van der Waals surface area (Å²) in [5.74, 6) is 0. The highest BCUT2D eigenvalue weighted by Crippen LogP contribution is 2.57. The molecule has 0 aliphatic heterocycles. The van der Waals surface area contributed by atoms with Crippen LogP contribution in [0.4, 0.5) is 0 Å². The largest absolute Gasteiger partial charge is 0.455 e. The summed E-state index contributed by atoms with van der Waals surface area (Å²) < 4.78 is 6.77. The summed E-state index contributed by atoms with van der Waals surface area (Å²) in [5.41, 5.74) is 19.8. The number of fused-ring (bicyclic) bond motifs is 15. The minimum atomic E-state index is -0.219. The number of rotatable bonds is 3. The molecule has 0 saturated heterocycles.